The molecular formula is C15H25N3. The van der Waals surface area contributed by atoms with Gasteiger partial charge in [0.05, 0.1) is 0 Å². The Morgan fingerprint density at radius 2 is 2.11 bits per heavy atom. The fourth-order valence-electron chi connectivity index (χ4n) is 2.47. The molecule has 0 saturated heterocycles. The van der Waals surface area contributed by atoms with Gasteiger partial charge in [-0.1, -0.05) is 26.2 Å². The molecule has 18 heavy (non-hydrogen) atoms. The number of nitrogens with two attached hydrogens (primary N) is 2. The van der Waals surface area contributed by atoms with Crippen LogP contribution in [0.1, 0.15) is 43.1 Å². The van der Waals surface area contributed by atoms with E-state index in [0.29, 0.717) is 17.7 Å². The number of rotatable bonds is 6. The molecule has 3 heteroatoms. The molecule has 0 fully saturated rings. The van der Waals surface area contributed by atoms with Gasteiger partial charge in [-0.05, 0) is 32.7 Å². The van der Waals surface area contributed by atoms with E-state index in [-0.39, 0.29) is 0 Å². The van der Waals surface area contributed by atoms with Crippen LogP contribution in [-0.2, 0) is 0 Å². The van der Waals surface area contributed by atoms with E-state index in [0.717, 1.165) is 29.8 Å². The molecule has 1 aromatic rings. The second-order valence-corrected chi connectivity index (χ2v) is 5.11. The lowest BCUT2D eigenvalue weighted by atomic mass is 10.0. The number of hydrogen-bond acceptors (Lipinski definition) is 2. The highest BCUT2D eigenvalue weighted by Gasteiger charge is 2.16. The Bertz CT molecular complexity index is 443. The second-order valence-electron chi connectivity index (χ2n) is 5.11. The van der Waals surface area contributed by atoms with Crippen LogP contribution in [0, 0.1) is 12.8 Å². The maximum Gasteiger partial charge on any atom is 0.0338 e. The van der Waals surface area contributed by atoms with Crippen LogP contribution in [0.3, 0.4) is 0 Å². The molecule has 0 spiro atoms. The van der Waals surface area contributed by atoms with Crippen LogP contribution in [-0.4, -0.2) is 11.1 Å². The van der Waals surface area contributed by atoms with Crippen LogP contribution in [0.25, 0.3) is 11.8 Å². The molecule has 0 saturated carbocycles. The van der Waals surface area contributed by atoms with Gasteiger partial charge in [-0.2, -0.15) is 0 Å². The van der Waals surface area contributed by atoms with Crippen molar-refractivity contribution in [1.82, 2.24) is 4.57 Å². The van der Waals surface area contributed by atoms with Gasteiger partial charge in [0, 0.05) is 34.8 Å². The first-order valence-electron chi connectivity index (χ1n) is 6.41. The van der Waals surface area contributed by atoms with Crippen molar-refractivity contribution in [1.29, 1.82) is 0 Å². The monoisotopic (exact) mass is 247 g/mol. The Morgan fingerprint density at radius 3 is 2.50 bits per heavy atom. The van der Waals surface area contributed by atoms with Gasteiger partial charge in [0.2, 0.25) is 0 Å². The average molecular weight is 247 g/mol. The topological polar surface area (TPSA) is 57.0 Å². The minimum absolute atomic E-state index is 0.398. The zero-order chi connectivity index (χ0) is 13.9. The summed E-state index contributed by atoms with van der Waals surface area (Å²) in [6.07, 6.45) is 4.98. The Morgan fingerprint density at radius 1 is 1.50 bits per heavy atom. The highest BCUT2D eigenvalue weighted by atomic mass is 15.0. The Balaban J connectivity index is 3.10. The minimum Gasteiger partial charge on any atom is -0.399 e. The zero-order valence-electron chi connectivity index (χ0n) is 11.7. The molecule has 3 nitrogen and oxygen atoms in total. The summed E-state index contributed by atoms with van der Waals surface area (Å²) in [7, 11) is 0. The summed E-state index contributed by atoms with van der Waals surface area (Å²) in [4.78, 5) is 0. The number of nitrogens with zero attached hydrogens (tertiary/aromatic N) is 1. The summed E-state index contributed by atoms with van der Waals surface area (Å²) < 4.78 is 2.25. The van der Waals surface area contributed by atoms with E-state index in [2.05, 4.69) is 44.7 Å². The van der Waals surface area contributed by atoms with Crippen LogP contribution in [0.15, 0.2) is 19.4 Å². The van der Waals surface area contributed by atoms with Crippen molar-refractivity contribution >= 4 is 11.8 Å². The molecule has 2 unspecified atom stereocenters. The zero-order valence-corrected chi connectivity index (χ0v) is 11.7. The molecule has 1 rings (SSSR count). The van der Waals surface area contributed by atoms with E-state index in [1.807, 2.05) is 6.08 Å². The smallest absolute Gasteiger partial charge is 0.0338 e. The van der Waals surface area contributed by atoms with E-state index >= 15 is 0 Å². The first-order valence-corrected chi connectivity index (χ1v) is 6.41. The lowest BCUT2D eigenvalue weighted by Crippen LogP contribution is -2.16. The third kappa shape index (κ3) is 2.85. The molecular weight excluding hydrogens is 222 g/mol. The first-order chi connectivity index (χ1) is 8.42. The van der Waals surface area contributed by atoms with Crippen LogP contribution >= 0.6 is 0 Å². The second kappa shape index (κ2) is 5.91. The van der Waals surface area contributed by atoms with Crippen LogP contribution in [0.5, 0.6) is 0 Å². The van der Waals surface area contributed by atoms with Crippen LogP contribution < -0.4 is 11.5 Å². The summed E-state index contributed by atoms with van der Waals surface area (Å²) in [6, 6.07) is 0.398. The lowest BCUT2D eigenvalue weighted by molar-refractivity contribution is 0.408. The predicted octanol–water partition coefficient (Wildman–Crippen LogP) is 2.91. The molecule has 0 amide bonds. The molecule has 4 N–H and O–H groups in total. The molecule has 0 aliphatic rings. The summed E-state index contributed by atoms with van der Waals surface area (Å²) in [5.41, 5.74) is 15.3. The third-order valence-corrected chi connectivity index (χ3v) is 3.48. The molecule has 0 aromatic carbocycles. The molecule has 1 heterocycles. The van der Waals surface area contributed by atoms with Crippen molar-refractivity contribution < 1.29 is 0 Å². The maximum absolute atomic E-state index is 5.86. The molecule has 0 aliphatic carbocycles. The standard InChI is InChI=1S/C15H25N3/c1-6-14-9-18(11(3)7-10(2)8-16)13(5)15(14)12(4)17/h6,9-11H,1,4,7-8,16-17H2,2-3,5H3. The Hall–Kier alpha value is -1.48. The molecule has 1 aromatic heterocycles. The summed E-state index contributed by atoms with van der Waals surface area (Å²) in [5.74, 6) is 0.513. The summed E-state index contributed by atoms with van der Waals surface area (Å²) in [5, 5.41) is 0. The Kier molecular flexibility index (Phi) is 4.79. The van der Waals surface area contributed by atoms with Gasteiger partial charge in [-0.15, -0.1) is 0 Å². The van der Waals surface area contributed by atoms with Gasteiger partial charge >= 0.3 is 0 Å². The summed E-state index contributed by atoms with van der Waals surface area (Å²) >= 11 is 0. The molecule has 0 aliphatic heterocycles. The first kappa shape index (κ1) is 14.6. The van der Waals surface area contributed by atoms with E-state index in [1.165, 1.54) is 0 Å². The maximum atomic E-state index is 5.86. The van der Waals surface area contributed by atoms with E-state index in [9.17, 15) is 0 Å². The number of aromatic nitrogens is 1. The summed E-state index contributed by atoms with van der Waals surface area (Å²) in [6.45, 7) is 14.8. The van der Waals surface area contributed by atoms with E-state index in [4.69, 9.17) is 11.5 Å². The van der Waals surface area contributed by atoms with Gasteiger partial charge in [0.15, 0.2) is 0 Å². The largest absolute Gasteiger partial charge is 0.399 e. The third-order valence-electron chi connectivity index (χ3n) is 3.48. The molecule has 2 atom stereocenters. The number of hydrogen-bond donors (Lipinski definition) is 2. The van der Waals surface area contributed by atoms with Crippen molar-refractivity contribution in [2.24, 2.45) is 17.4 Å². The van der Waals surface area contributed by atoms with E-state index < -0.39 is 0 Å². The van der Waals surface area contributed by atoms with Crippen molar-refractivity contribution in [2.45, 2.75) is 33.2 Å². The normalized spacial score (nSPS) is 14.2. The average Bonchev–Trinajstić information content (AvgIpc) is 2.65. The van der Waals surface area contributed by atoms with Crippen molar-refractivity contribution in [2.75, 3.05) is 6.54 Å². The van der Waals surface area contributed by atoms with Gasteiger partial charge in [0.25, 0.3) is 0 Å². The van der Waals surface area contributed by atoms with Crippen molar-refractivity contribution in [3.8, 4) is 0 Å². The highest BCUT2D eigenvalue weighted by Crippen LogP contribution is 2.27. The molecule has 0 radical (unpaired) electrons. The van der Waals surface area contributed by atoms with Gasteiger partial charge in [-0.3, -0.25) is 0 Å². The van der Waals surface area contributed by atoms with Crippen LogP contribution in [0.4, 0.5) is 0 Å². The van der Waals surface area contributed by atoms with Crippen molar-refractivity contribution in [3.05, 3.63) is 36.2 Å². The Labute approximate surface area is 110 Å². The molecule has 100 valence electrons. The SMILES string of the molecule is C=Cc1cn(C(C)CC(C)CN)c(C)c1C(=C)N. The van der Waals surface area contributed by atoms with Gasteiger partial charge in [0.1, 0.15) is 0 Å². The van der Waals surface area contributed by atoms with Crippen molar-refractivity contribution in [3.63, 3.8) is 0 Å². The van der Waals surface area contributed by atoms with Crippen LogP contribution in [0.2, 0.25) is 0 Å². The van der Waals surface area contributed by atoms with Gasteiger partial charge < -0.3 is 16.0 Å². The fourth-order valence-corrected chi connectivity index (χ4v) is 2.47. The molecule has 0 bridgehead atoms. The highest BCUT2D eigenvalue weighted by molar-refractivity contribution is 5.72. The fraction of sp³-hybridized carbons (Fsp3) is 0.467. The van der Waals surface area contributed by atoms with Gasteiger partial charge in [-0.25, -0.2) is 0 Å². The predicted molar refractivity (Wildman–Crippen MR) is 80.0 cm³/mol. The minimum atomic E-state index is 0.398. The van der Waals surface area contributed by atoms with E-state index in [1.54, 1.807) is 0 Å². The lowest BCUT2D eigenvalue weighted by Gasteiger charge is -2.19. The quantitative estimate of drug-likeness (QED) is 0.812.